The molecule has 0 saturated carbocycles. The van der Waals surface area contributed by atoms with E-state index in [0.717, 1.165) is 12.1 Å². The van der Waals surface area contributed by atoms with Gasteiger partial charge in [-0.2, -0.15) is 0 Å². The summed E-state index contributed by atoms with van der Waals surface area (Å²) in [5, 5.41) is 10.9. The molecular weight excluding hydrogens is 202 g/mol. The number of carbonyl (C=O) groups excluding carboxylic acids is 2. The summed E-state index contributed by atoms with van der Waals surface area (Å²) in [6, 6.07) is 3.42. The van der Waals surface area contributed by atoms with Gasteiger partial charge >= 0.3 is 0 Å². The van der Waals surface area contributed by atoms with Crippen molar-refractivity contribution in [3.8, 4) is 0 Å². The highest BCUT2D eigenvalue weighted by atomic mass is 16.6. The third-order valence-electron chi connectivity index (χ3n) is 2.11. The van der Waals surface area contributed by atoms with Crippen LogP contribution in [-0.4, -0.2) is 21.7 Å². The number of imide groups is 1. The van der Waals surface area contributed by atoms with Gasteiger partial charge in [0, 0.05) is 12.1 Å². The molecule has 0 radical (unpaired) electrons. The van der Waals surface area contributed by atoms with E-state index in [0.29, 0.717) is 5.01 Å². The summed E-state index contributed by atoms with van der Waals surface area (Å²) in [7, 11) is 0. The van der Waals surface area contributed by atoms with E-state index in [1.807, 2.05) is 0 Å². The lowest BCUT2D eigenvalue weighted by Crippen LogP contribution is -2.36. The molecule has 2 N–H and O–H groups in total. The van der Waals surface area contributed by atoms with Crippen LogP contribution in [0.5, 0.6) is 0 Å². The molecule has 76 valence electrons. The standard InChI is InChI=1S/C8H5N3O4/c9-10-7(12)5-2-1-4(11(14)15)3-6(5)8(10)13/h1-3H,9H2. The minimum atomic E-state index is -0.723. The molecule has 2 rings (SSSR count). The number of hydrazine groups is 1. The van der Waals surface area contributed by atoms with Crippen molar-refractivity contribution in [3.05, 3.63) is 39.4 Å². The van der Waals surface area contributed by atoms with Crippen LogP contribution in [0.3, 0.4) is 0 Å². The quantitative estimate of drug-likeness (QED) is 0.230. The molecule has 1 aliphatic rings. The van der Waals surface area contributed by atoms with Crippen molar-refractivity contribution >= 4 is 17.5 Å². The van der Waals surface area contributed by atoms with Crippen molar-refractivity contribution in [2.45, 2.75) is 0 Å². The zero-order valence-corrected chi connectivity index (χ0v) is 7.34. The topological polar surface area (TPSA) is 107 Å². The summed E-state index contributed by atoms with van der Waals surface area (Å²) in [4.78, 5) is 32.4. The van der Waals surface area contributed by atoms with Crippen molar-refractivity contribution in [2.24, 2.45) is 5.84 Å². The monoisotopic (exact) mass is 207 g/mol. The molecule has 1 aromatic carbocycles. The third kappa shape index (κ3) is 1.17. The Morgan fingerprint density at radius 3 is 2.40 bits per heavy atom. The van der Waals surface area contributed by atoms with E-state index < -0.39 is 16.7 Å². The molecular formula is C8H5N3O4. The van der Waals surface area contributed by atoms with Gasteiger partial charge < -0.3 is 0 Å². The lowest BCUT2D eigenvalue weighted by atomic mass is 10.1. The second kappa shape index (κ2) is 2.85. The van der Waals surface area contributed by atoms with Crippen LogP contribution < -0.4 is 5.84 Å². The Labute approximate surface area is 83.2 Å². The van der Waals surface area contributed by atoms with Gasteiger partial charge in [0.05, 0.1) is 16.1 Å². The number of hydrogen-bond acceptors (Lipinski definition) is 5. The first-order valence-electron chi connectivity index (χ1n) is 3.94. The van der Waals surface area contributed by atoms with Crippen LogP contribution >= 0.6 is 0 Å². The van der Waals surface area contributed by atoms with Gasteiger partial charge in [-0.05, 0) is 6.07 Å². The Morgan fingerprint density at radius 2 is 1.80 bits per heavy atom. The van der Waals surface area contributed by atoms with E-state index in [2.05, 4.69) is 0 Å². The molecule has 0 bridgehead atoms. The second-order valence-electron chi connectivity index (χ2n) is 2.97. The molecule has 0 unspecified atom stereocenters. The highest BCUT2D eigenvalue weighted by Gasteiger charge is 2.34. The summed E-state index contributed by atoms with van der Waals surface area (Å²) in [6.07, 6.45) is 0. The molecule has 0 spiro atoms. The van der Waals surface area contributed by atoms with E-state index in [1.54, 1.807) is 0 Å². The zero-order valence-electron chi connectivity index (χ0n) is 7.34. The zero-order chi connectivity index (χ0) is 11.2. The van der Waals surface area contributed by atoms with Gasteiger partial charge in [0.25, 0.3) is 17.5 Å². The summed E-state index contributed by atoms with van der Waals surface area (Å²) in [5.74, 6) is 3.79. The summed E-state index contributed by atoms with van der Waals surface area (Å²) < 4.78 is 0. The normalized spacial score (nSPS) is 14.3. The maximum Gasteiger partial charge on any atom is 0.276 e. The first kappa shape index (κ1) is 9.28. The molecule has 0 atom stereocenters. The fraction of sp³-hybridized carbons (Fsp3) is 0. The number of nitro benzene ring substituents is 1. The Kier molecular flexibility index (Phi) is 1.77. The molecule has 1 aliphatic heterocycles. The number of nitro groups is 1. The van der Waals surface area contributed by atoms with Gasteiger partial charge in [-0.1, -0.05) is 0 Å². The Balaban J connectivity index is 2.61. The molecule has 7 heteroatoms. The molecule has 0 aromatic heterocycles. The molecule has 0 aliphatic carbocycles. The van der Waals surface area contributed by atoms with Crippen molar-refractivity contribution in [1.82, 2.24) is 5.01 Å². The van der Waals surface area contributed by atoms with Gasteiger partial charge in [0.2, 0.25) is 0 Å². The number of amides is 2. The van der Waals surface area contributed by atoms with E-state index in [-0.39, 0.29) is 16.8 Å². The van der Waals surface area contributed by atoms with Gasteiger partial charge in [-0.3, -0.25) is 19.7 Å². The van der Waals surface area contributed by atoms with Crippen molar-refractivity contribution < 1.29 is 14.5 Å². The van der Waals surface area contributed by atoms with Crippen molar-refractivity contribution in [2.75, 3.05) is 0 Å². The number of nitrogens with zero attached hydrogens (tertiary/aromatic N) is 2. The molecule has 7 nitrogen and oxygen atoms in total. The van der Waals surface area contributed by atoms with E-state index >= 15 is 0 Å². The Hall–Kier alpha value is -2.28. The van der Waals surface area contributed by atoms with Crippen LogP contribution in [0.4, 0.5) is 5.69 Å². The maximum atomic E-state index is 11.3. The average molecular weight is 207 g/mol. The van der Waals surface area contributed by atoms with E-state index in [9.17, 15) is 19.7 Å². The number of fused-ring (bicyclic) bond motifs is 1. The molecule has 15 heavy (non-hydrogen) atoms. The summed E-state index contributed by atoms with van der Waals surface area (Å²) >= 11 is 0. The van der Waals surface area contributed by atoms with Gasteiger partial charge in [-0.25, -0.2) is 10.9 Å². The van der Waals surface area contributed by atoms with Gasteiger partial charge in [0.15, 0.2) is 0 Å². The number of benzene rings is 1. The smallest absolute Gasteiger partial charge is 0.267 e. The Bertz CT molecular complexity index is 497. The Morgan fingerprint density at radius 1 is 1.20 bits per heavy atom. The number of nitrogens with two attached hydrogens (primary N) is 1. The van der Waals surface area contributed by atoms with Gasteiger partial charge in [0.1, 0.15) is 0 Å². The molecule has 0 saturated heterocycles. The molecule has 2 amide bonds. The van der Waals surface area contributed by atoms with E-state index in [4.69, 9.17) is 5.84 Å². The van der Waals surface area contributed by atoms with Crippen LogP contribution in [-0.2, 0) is 0 Å². The number of rotatable bonds is 1. The summed E-state index contributed by atoms with van der Waals surface area (Å²) in [6.45, 7) is 0. The third-order valence-corrected chi connectivity index (χ3v) is 2.11. The predicted octanol–water partition coefficient (Wildman–Crippen LogP) is 0.0645. The lowest BCUT2D eigenvalue weighted by molar-refractivity contribution is -0.384. The molecule has 1 aromatic rings. The average Bonchev–Trinajstić information content (AvgIpc) is 2.44. The van der Waals surface area contributed by atoms with Gasteiger partial charge in [-0.15, -0.1) is 0 Å². The van der Waals surface area contributed by atoms with Crippen molar-refractivity contribution in [1.29, 1.82) is 0 Å². The van der Waals surface area contributed by atoms with Crippen LogP contribution in [0.2, 0.25) is 0 Å². The molecule has 1 heterocycles. The van der Waals surface area contributed by atoms with Crippen LogP contribution in [0, 0.1) is 10.1 Å². The van der Waals surface area contributed by atoms with Crippen LogP contribution in [0.1, 0.15) is 20.7 Å². The predicted molar refractivity (Wildman–Crippen MR) is 47.8 cm³/mol. The maximum absolute atomic E-state index is 11.3. The first-order chi connectivity index (χ1) is 7.02. The summed E-state index contributed by atoms with van der Waals surface area (Å²) in [5.41, 5.74) is -0.185. The highest BCUT2D eigenvalue weighted by Crippen LogP contribution is 2.24. The fourth-order valence-electron chi connectivity index (χ4n) is 1.36. The number of non-ortho nitro benzene ring substituents is 1. The fourth-order valence-corrected chi connectivity index (χ4v) is 1.36. The van der Waals surface area contributed by atoms with E-state index in [1.165, 1.54) is 6.07 Å². The lowest BCUT2D eigenvalue weighted by Gasteiger charge is -2.01. The minimum absolute atomic E-state index is 0.0308. The number of carbonyl (C=O) groups is 2. The first-order valence-corrected chi connectivity index (χ1v) is 3.94. The van der Waals surface area contributed by atoms with Crippen LogP contribution in [0.25, 0.3) is 0 Å². The number of hydrogen-bond donors (Lipinski definition) is 1. The van der Waals surface area contributed by atoms with Crippen molar-refractivity contribution in [3.63, 3.8) is 0 Å². The second-order valence-corrected chi connectivity index (χ2v) is 2.97. The van der Waals surface area contributed by atoms with Crippen LogP contribution in [0.15, 0.2) is 18.2 Å². The minimum Gasteiger partial charge on any atom is -0.267 e. The SMILES string of the molecule is NN1C(=O)c2ccc([N+](=O)[O-])cc2C1=O. The molecule has 0 fully saturated rings. The highest BCUT2D eigenvalue weighted by molar-refractivity contribution is 6.21. The largest absolute Gasteiger partial charge is 0.276 e.